The molecule has 212 valence electrons. The van der Waals surface area contributed by atoms with E-state index >= 15 is 0 Å². The van der Waals surface area contributed by atoms with Gasteiger partial charge in [-0.2, -0.15) is 0 Å². The molecule has 0 saturated heterocycles. The Hall–Kier alpha value is -5.12. The highest BCUT2D eigenvalue weighted by atomic mass is 16.5. The number of methoxy groups -OCH3 is 2. The maximum atomic E-state index is 13.3. The number of ether oxygens (including phenoxy) is 2. The first-order valence-electron chi connectivity index (χ1n) is 13.1. The van der Waals surface area contributed by atoms with E-state index in [1.807, 2.05) is 72.3 Å². The molecule has 4 aromatic rings. The van der Waals surface area contributed by atoms with Gasteiger partial charge in [-0.15, -0.1) is 0 Å². The first-order chi connectivity index (χ1) is 19.9. The molecule has 1 heterocycles. The Morgan fingerprint density at radius 2 is 1.71 bits per heavy atom. The first kappa shape index (κ1) is 28.9. The lowest BCUT2D eigenvalue weighted by atomic mass is 10.1. The normalized spacial score (nSPS) is 11.9. The van der Waals surface area contributed by atoms with Gasteiger partial charge in [-0.25, -0.2) is 9.98 Å². The Kier molecular flexibility index (Phi) is 9.71. The zero-order valence-electron chi connectivity index (χ0n) is 23.3. The van der Waals surface area contributed by atoms with Crippen LogP contribution in [0.5, 0.6) is 11.5 Å². The van der Waals surface area contributed by atoms with Crippen molar-refractivity contribution in [1.82, 2.24) is 20.2 Å². The highest BCUT2D eigenvalue weighted by molar-refractivity contribution is 5.98. The molecule has 10 heteroatoms. The molecular formula is C31H34N6O4. The summed E-state index contributed by atoms with van der Waals surface area (Å²) in [6.45, 7) is 2.23. The van der Waals surface area contributed by atoms with Crippen LogP contribution in [0, 0.1) is 6.92 Å². The number of nitrogens with zero attached hydrogens (tertiary/aromatic N) is 3. The molecule has 1 aromatic heterocycles. The van der Waals surface area contributed by atoms with E-state index in [2.05, 4.69) is 20.6 Å². The fourth-order valence-electron chi connectivity index (χ4n) is 4.37. The standard InChI is InChI=1S/C31H34N6O4/c1-21-33-14-15-37(21)25-11-7-10-24(16-25)20-34-30(39)26(17-22-8-5-4-6-9-22)35-31(32)36-29(38)19-23-12-13-27(40-2)28(18-23)41-3/h4-16,18,26H,17,19-20H2,1-3H3,(H,34,39)(H3,32,35,36,38). The lowest BCUT2D eigenvalue weighted by molar-refractivity contribution is -0.122. The van der Waals surface area contributed by atoms with Crippen LogP contribution in [0.15, 0.2) is 90.2 Å². The molecule has 0 saturated carbocycles. The number of hydrogen-bond acceptors (Lipinski definition) is 6. The summed E-state index contributed by atoms with van der Waals surface area (Å²) in [7, 11) is 3.07. The molecule has 0 radical (unpaired) electrons. The minimum absolute atomic E-state index is 0.0405. The van der Waals surface area contributed by atoms with E-state index < -0.39 is 6.04 Å². The molecule has 2 amide bonds. The van der Waals surface area contributed by atoms with Gasteiger partial charge in [0, 0.05) is 31.0 Å². The van der Waals surface area contributed by atoms with Crippen molar-refractivity contribution in [2.45, 2.75) is 32.4 Å². The monoisotopic (exact) mass is 554 g/mol. The highest BCUT2D eigenvalue weighted by Crippen LogP contribution is 2.27. The Bertz CT molecular complexity index is 1520. The van der Waals surface area contributed by atoms with Gasteiger partial charge in [0.1, 0.15) is 11.9 Å². The van der Waals surface area contributed by atoms with Crippen molar-refractivity contribution in [2.24, 2.45) is 10.7 Å². The van der Waals surface area contributed by atoms with E-state index in [1.165, 1.54) is 7.11 Å². The third kappa shape index (κ3) is 7.95. The zero-order valence-corrected chi connectivity index (χ0v) is 23.3. The van der Waals surface area contributed by atoms with Gasteiger partial charge in [-0.05, 0) is 47.9 Å². The molecule has 10 nitrogen and oxygen atoms in total. The van der Waals surface area contributed by atoms with Crippen molar-refractivity contribution in [1.29, 1.82) is 0 Å². The van der Waals surface area contributed by atoms with Gasteiger partial charge in [-0.3, -0.25) is 14.9 Å². The smallest absolute Gasteiger partial charge is 0.245 e. The number of carbonyl (C=O) groups is 2. The molecule has 0 aliphatic carbocycles. The SMILES string of the molecule is COc1ccc(CC(=O)NC(N)=NC(Cc2ccccc2)C(=O)NCc2cccc(-n3ccnc3C)c2)cc1OC. The van der Waals surface area contributed by atoms with Crippen molar-refractivity contribution >= 4 is 17.8 Å². The minimum Gasteiger partial charge on any atom is -0.493 e. The number of rotatable bonds is 11. The first-order valence-corrected chi connectivity index (χ1v) is 13.1. The van der Waals surface area contributed by atoms with Crippen LogP contribution in [0.4, 0.5) is 0 Å². The van der Waals surface area contributed by atoms with Crippen molar-refractivity contribution in [2.75, 3.05) is 14.2 Å². The molecule has 3 aromatic carbocycles. The van der Waals surface area contributed by atoms with Gasteiger partial charge in [0.2, 0.25) is 11.8 Å². The van der Waals surface area contributed by atoms with E-state index in [0.29, 0.717) is 30.0 Å². The second-order valence-corrected chi connectivity index (χ2v) is 9.37. The number of guanidine groups is 1. The van der Waals surface area contributed by atoms with Crippen LogP contribution in [0.1, 0.15) is 22.5 Å². The molecule has 1 unspecified atom stereocenters. The van der Waals surface area contributed by atoms with Gasteiger partial charge in [0.25, 0.3) is 0 Å². The third-order valence-corrected chi connectivity index (χ3v) is 6.43. The number of nitrogens with two attached hydrogens (primary N) is 1. The van der Waals surface area contributed by atoms with E-state index in [9.17, 15) is 9.59 Å². The molecule has 4 N–H and O–H groups in total. The third-order valence-electron chi connectivity index (χ3n) is 6.43. The second kappa shape index (κ2) is 13.8. The van der Waals surface area contributed by atoms with E-state index in [0.717, 1.165) is 22.6 Å². The molecule has 41 heavy (non-hydrogen) atoms. The molecule has 1 atom stereocenters. The summed E-state index contributed by atoms with van der Waals surface area (Å²) in [6, 6.07) is 21.7. The van der Waals surface area contributed by atoms with Crippen molar-refractivity contribution in [3.05, 3.63) is 108 Å². The van der Waals surface area contributed by atoms with Crippen LogP contribution in [-0.4, -0.2) is 47.6 Å². The van der Waals surface area contributed by atoms with Gasteiger partial charge in [-0.1, -0.05) is 48.5 Å². The summed E-state index contributed by atoms with van der Waals surface area (Å²) in [6.07, 6.45) is 3.99. The van der Waals surface area contributed by atoms with Crippen LogP contribution < -0.4 is 25.8 Å². The van der Waals surface area contributed by atoms with Crippen LogP contribution in [0.25, 0.3) is 5.69 Å². The Morgan fingerprint density at radius 3 is 2.41 bits per heavy atom. The molecule has 0 fully saturated rings. The quantitative estimate of drug-likeness (QED) is 0.193. The molecule has 0 aliphatic heterocycles. The molecular weight excluding hydrogens is 520 g/mol. The molecule has 0 spiro atoms. The number of imidazole rings is 1. The molecule has 0 aliphatic rings. The van der Waals surface area contributed by atoms with Crippen LogP contribution in [-0.2, 0) is 29.0 Å². The van der Waals surface area contributed by atoms with Crippen molar-refractivity contribution < 1.29 is 19.1 Å². The van der Waals surface area contributed by atoms with Gasteiger partial charge >= 0.3 is 0 Å². The van der Waals surface area contributed by atoms with E-state index in [4.69, 9.17) is 15.2 Å². The lowest BCUT2D eigenvalue weighted by Gasteiger charge is -2.15. The summed E-state index contributed by atoms with van der Waals surface area (Å²) in [5.74, 6) is 1.14. The van der Waals surface area contributed by atoms with Crippen LogP contribution in [0.3, 0.4) is 0 Å². The van der Waals surface area contributed by atoms with Gasteiger partial charge in [0.05, 0.1) is 20.6 Å². The number of aromatic nitrogens is 2. The summed E-state index contributed by atoms with van der Waals surface area (Å²) >= 11 is 0. The number of aryl methyl sites for hydroxylation is 1. The van der Waals surface area contributed by atoms with Crippen molar-refractivity contribution in [3.63, 3.8) is 0 Å². The predicted molar refractivity (Wildman–Crippen MR) is 157 cm³/mol. The maximum absolute atomic E-state index is 13.3. The zero-order chi connectivity index (χ0) is 29.2. The summed E-state index contributed by atoms with van der Waals surface area (Å²) in [5, 5.41) is 5.56. The molecule has 0 bridgehead atoms. The minimum atomic E-state index is -0.849. The van der Waals surface area contributed by atoms with Gasteiger partial charge < -0.3 is 25.1 Å². The van der Waals surface area contributed by atoms with E-state index in [1.54, 1.807) is 31.5 Å². The van der Waals surface area contributed by atoms with Gasteiger partial charge in [0.15, 0.2) is 17.5 Å². The maximum Gasteiger partial charge on any atom is 0.245 e. The number of aliphatic imine (C=N–C) groups is 1. The summed E-state index contributed by atoms with van der Waals surface area (Å²) < 4.78 is 12.5. The van der Waals surface area contributed by atoms with Crippen LogP contribution >= 0.6 is 0 Å². The average molecular weight is 555 g/mol. The van der Waals surface area contributed by atoms with E-state index in [-0.39, 0.29) is 24.2 Å². The highest BCUT2D eigenvalue weighted by Gasteiger charge is 2.20. The lowest BCUT2D eigenvalue weighted by Crippen LogP contribution is -2.42. The topological polar surface area (TPSA) is 133 Å². The Balaban J connectivity index is 1.44. The second-order valence-electron chi connectivity index (χ2n) is 9.37. The fraction of sp³-hybridized carbons (Fsp3) is 0.226. The fourth-order valence-corrected chi connectivity index (χ4v) is 4.37. The Morgan fingerprint density at radius 1 is 0.951 bits per heavy atom. The number of benzene rings is 3. The Labute approximate surface area is 239 Å². The number of nitrogens with one attached hydrogen (secondary N) is 2. The van der Waals surface area contributed by atoms with Crippen molar-refractivity contribution in [3.8, 4) is 17.2 Å². The summed E-state index contributed by atoms with van der Waals surface area (Å²) in [4.78, 5) is 34.7. The average Bonchev–Trinajstić information content (AvgIpc) is 3.41. The summed E-state index contributed by atoms with van der Waals surface area (Å²) in [5.41, 5.74) is 9.60. The number of carbonyl (C=O) groups excluding carboxylic acids is 2. The van der Waals surface area contributed by atoms with Crippen LogP contribution in [0.2, 0.25) is 0 Å². The largest absolute Gasteiger partial charge is 0.493 e. The number of amides is 2. The number of hydrogen-bond donors (Lipinski definition) is 3. The molecule has 4 rings (SSSR count). The predicted octanol–water partition coefficient (Wildman–Crippen LogP) is 3.10.